The topological polar surface area (TPSA) is 96.0 Å². The normalized spacial score (nSPS) is 19.7. The van der Waals surface area contributed by atoms with Crippen molar-refractivity contribution < 1.29 is 28.0 Å². The molecular weight excluding hydrogens is 367 g/mol. The number of benzene rings is 2. The maximum absolute atomic E-state index is 13.5. The molecule has 1 N–H and O–H groups in total. The van der Waals surface area contributed by atoms with E-state index in [0.717, 1.165) is 6.07 Å². The lowest BCUT2D eigenvalue weighted by Crippen LogP contribution is -2.56. The Morgan fingerprint density at radius 3 is 2.44 bits per heavy atom. The van der Waals surface area contributed by atoms with Gasteiger partial charge in [-0.15, -0.1) is 0 Å². The first kappa shape index (κ1) is 18.5. The predicted molar refractivity (Wildman–Crippen MR) is 87.9 cm³/mol. The molecule has 2 aromatic rings. The average molecular weight is 379 g/mol. The quantitative estimate of drug-likeness (QED) is 0.655. The van der Waals surface area contributed by atoms with Gasteiger partial charge in [-0.25, -0.2) is 0 Å². The van der Waals surface area contributed by atoms with Gasteiger partial charge >= 0.3 is 6.18 Å². The summed E-state index contributed by atoms with van der Waals surface area (Å²) < 4.78 is 40.6. The molecule has 1 aliphatic heterocycles. The van der Waals surface area contributed by atoms with Crippen molar-refractivity contribution in [2.24, 2.45) is 5.10 Å². The molecular formula is C17H12F3N3O4. The Morgan fingerprint density at radius 1 is 1.19 bits per heavy atom. The second-order valence-electron chi connectivity index (χ2n) is 5.83. The highest BCUT2D eigenvalue weighted by atomic mass is 19.4. The van der Waals surface area contributed by atoms with Gasteiger partial charge in [0.1, 0.15) is 0 Å². The number of alkyl halides is 3. The Labute approximate surface area is 150 Å². The van der Waals surface area contributed by atoms with Crippen LogP contribution in [-0.4, -0.2) is 38.6 Å². The molecule has 2 aromatic carbocycles. The number of nitro benzene ring substituents is 1. The third-order valence-corrected chi connectivity index (χ3v) is 4.04. The van der Waals surface area contributed by atoms with Crippen LogP contribution in [0.3, 0.4) is 0 Å². The van der Waals surface area contributed by atoms with E-state index in [9.17, 15) is 33.2 Å². The molecule has 1 amide bonds. The molecule has 0 radical (unpaired) electrons. The summed E-state index contributed by atoms with van der Waals surface area (Å²) >= 11 is 0. The number of carbonyl (C=O) groups is 1. The molecule has 0 spiro atoms. The summed E-state index contributed by atoms with van der Waals surface area (Å²) in [6, 6.07) is 11.9. The highest BCUT2D eigenvalue weighted by molar-refractivity contribution is 6.05. The number of halogens is 3. The first-order valence-electron chi connectivity index (χ1n) is 7.64. The van der Waals surface area contributed by atoms with Gasteiger partial charge in [0, 0.05) is 23.3 Å². The van der Waals surface area contributed by atoms with Crippen LogP contribution in [0.2, 0.25) is 0 Å². The second-order valence-corrected chi connectivity index (χ2v) is 5.83. The zero-order valence-corrected chi connectivity index (χ0v) is 13.6. The minimum absolute atomic E-state index is 0.00948. The van der Waals surface area contributed by atoms with Gasteiger partial charge in [0.05, 0.1) is 17.1 Å². The lowest BCUT2D eigenvalue weighted by molar-refractivity contribution is -0.384. The molecule has 1 aliphatic rings. The maximum Gasteiger partial charge on any atom is 0.438 e. The van der Waals surface area contributed by atoms with Crippen LogP contribution < -0.4 is 0 Å². The molecule has 1 atom stereocenters. The van der Waals surface area contributed by atoms with Crippen LogP contribution in [0, 0.1) is 10.1 Å². The number of hydrogen-bond donors (Lipinski definition) is 1. The number of nitro groups is 1. The number of hydrogen-bond acceptors (Lipinski definition) is 5. The van der Waals surface area contributed by atoms with Gasteiger partial charge in [-0.2, -0.15) is 23.3 Å². The minimum atomic E-state index is -5.19. The third kappa shape index (κ3) is 3.26. The largest absolute Gasteiger partial charge is 0.438 e. The van der Waals surface area contributed by atoms with Gasteiger partial charge in [0.25, 0.3) is 17.3 Å². The van der Waals surface area contributed by atoms with Crippen LogP contribution >= 0.6 is 0 Å². The van der Waals surface area contributed by atoms with Crippen LogP contribution in [0.25, 0.3) is 0 Å². The fourth-order valence-corrected chi connectivity index (χ4v) is 2.64. The van der Waals surface area contributed by atoms with E-state index in [1.807, 2.05) is 0 Å². The number of aliphatic hydroxyl groups is 1. The van der Waals surface area contributed by atoms with Crippen LogP contribution in [0.5, 0.6) is 0 Å². The van der Waals surface area contributed by atoms with Gasteiger partial charge in [-0.3, -0.25) is 14.9 Å². The molecule has 0 aromatic heterocycles. The van der Waals surface area contributed by atoms with E-state index in [-0.39, 0.29) is 27.5 Å². The van der Waals surface area contributed by atoms with Crippen molar-refractivity contribution in [2.45, 2.75) is 18.3 Å². The molecule has 0 fully saturated rings. The highest BCUT2D eigenvalue weighted by Crippen LogP contribution is 2.42. The molecule has 0 unspecified atom stereocenters. The van der Waals surface area contributed by atoms with Gasteiger partial charge in [0.2, 0.25) is 0 Å². The smallest absolute Gasteiger partial charge is 0.362 e. The molecule has 140 valence electrons. The molecule has 0 aliphatic carbocycles. The van der Waals surface area contributed by atoms with Gasteiger partial charge in [-0.05, 0) is 12.1 Å². The van der Waals surface area contributed by atoms with E-state index in [0.29, 0.717) is 0 Å². The van der Waals surface area contributed by atoms with Crippen LogP contribution in [0.4, 0.5) is 18.9 Å². The fraction of sp³-hybridized carbons (Fsp3) is 0.176. The fourth-order valence-electron chi connectivity index (χ4n) is 2.64. The van der Waals surface area contributed by atoms with Crippen molar-refractivity contribution in [3.05, 3.63) is 75.8 Å². The highest BCUT2D eigenvalue weighted by Gasteiger charge is 2.63. The standard InChI is InChI=1S/C17H12F3N3O4/c18-17(19,20)16(25)10-14(12-7-4-8-13(9-12)23(26)27)21-22(16)15(24)11-5-2-1-3-6-11/h1-9,25H,10H2/t16-/m1/s1. The summed E-state index contributed by atoms with van der Waals surface area (Å²) in [7, 11) is 0. The number of nitrogens with zero attached hydrogens (tertiary/aromatic N) is 3. The summed E-state index contributed by atoms with van der Waals surface area (Å²) in [5, 5.41) is 24.8. The Bertz CT molecular complexity index is 931. The van der Waals surface area contributed by atoms with Crippen LogP contribution in [-0.2, 0) is 0 Å². The van der Waals surface area contributed by atoms with Crippen molar-refractivity contribution in [1.82, 2.24) is 5.01 Å². The van der Waals surface area contributed by atoms with Crippen molar-refractivity contribution in [2.75, 3.05) is 0 Å². The number of carbonyl (C=O) groups excluding carboxylic acids is 1. The SMILES string of the molecule is O=C(c1ccccc1)N1N=C(c2cccc([N+](=O)[O-])c2)C[C@@]1(O)C(F)(F)F. The zero-order valence-electron chi connectivity index (χ0n) is 13.6. The lowest BCUT2D eigenvalue weighted by Gasteiger charge is -2.32. The molecule has 3 rings (SSSR count). The summed E-state index contributed by atoms with van der Waals surface area (Å²) in [6.07, 6.45) is -6.24. The van der Waals surface area contributed by atoms with Crippen LogP contribution in [0.1, 0.15) is 22.3 Å². The van der Waals surface area contributed by atoms with Gasteiger partial charge in [0.15, 0.2) is 0 Å². The molecule has 10 heteroatoms. The van der Waals surface area contributed by atoms with Crippen molar-refractivity contribution in [3.63, 3.8) is 0 Å². The summed E-state index contributed by atoms with van der Waals surface area (Å²) in [5.74, 6) is -1.14. The monoisotopic (exact) mass is 379 g/mol. The second kappa shape index (κ2) is 6.47. The third-order valence-electron chi connectivity index (χ3n) is 4.04. The molecule has 0 saturated carbocycles. The van der Waals surface area contributed by atoms with Crippen molar-refractivity contribution in [1.29, 1.82) is 0 Å². The molecule has 27 heavy (non-hydrogen) atoms. The van der Waals surface area contributed by atoms with E-state index in [1.165, 1.54) is 42.5 Å². The van der Waals surface area contributed by atoms with Gasteiger partial charge in [-0.1, -0.05) is 30.3 Å². The molecule has 0 saturated heterocycles. The molecule has 1 heterocycles. The summed E-state index contributed by atoms with van der Waals surface area (Å²) in [5.41, 5.74) is -4.28. The molecule has 0 bridgehead atoms. The summed E-state index contributed by atoms with van der Waals surface area (Å²) in [6.45, 7) is 0. The first-order valence-corrected chi connectivity index (χ1v) is 7.64. The van der Waals surface area contributed by atoms with Crippen LogP contribution in [0.15, 0.2) is 59.7 Å². The first-order chi connectivity index (χ1) is 12.6. The van der Waals surface area contributed by atoms with E-state index >= 15 is 0 Å². The number of hydrazone groups is 1. The number of rotatable bonds is 3. The number of amides is 1. The van der Waals surface area contributed by atoms with E-state index in [4.69, 9.17) is 0 Å². The van der Waals surface area contributed by atoms with E-state index in [2.05, 4.69) is 5.10 Å². The average Bonchev–Trinajstić information content (AvgIpc) is 3.01. The summed E-state index contributed by atoms with van der Waals surface area (Å²) in [4.78, 5) is 22.7. The Hall–Kier alpha value is -3.27. The predicted octanol–water partition coefficient (Wildman–Crippen LogP) is 3.10. The van der Waals surface area contributed by atoms with E-state index < -0.39 is 29.2 Å². The van der Waals surface area contributed by atoms with E-state index in [1.54, 1.807) is 6.07 Å². The minimum Gasteiger partial charge on any atom is -0.362 e. The number of non-ortho nitro benzene ring substituents is 1. The van der Waals surface area contributed by atoms with Crippen molar-refractivity contribution >= 4 is 17.3 Å². The Kier molecular flexibility index (Phi) is 4.44. The lowest BCUT2D eigenvalue weighted by atomic mass is 10.00. The van der Waals surface area contributed by atoms with Gasteiger partial charge < -0.3 is 5.11 Å². The Balaban J connectivity index is 2.06. The maximum atomic E-state index is 13.5. The van der Waals surface area contributed by atoms with Crippen molar-refractivity contribution in [3.8, 4) is 0 Å². The zero-order chi connectivity index (χ0) is 19.8. The Morgan fingerprint density at radius 2 is 1.85 bits per heavy atom. The molecule has 7 nitrogen and oxygen atoms in total.